The Balaban J connectivity index is 2.88. The lowest BCUT2D eigenvalue weighted by Crippen LogP contribution is -2.26. The van der Waals surface area contributed by atoms with Crippen LogP contribution in [0.15, 0.2) is 34.9 Å². The van der Waals surface area contributed by atoms with Gasteiger partial charge in [-0.1, -0.05) is 0 Å². The summed E-state index contributed by atoms with van der Waals surface area (Å²) < 4.78 is 20.8. The molecule has 1 aromatic rings. The third kappa shape index (κ3) is 4.67. The van der Waals surface area contributed by atoms with Gasteiger partial charge in [-0.05, 0) is 13.8 Å². The van der Waals surface area contributed by atoms with Gasteiger partial charge in [-0.25, -0.2) is 9.59 Å². The molecule has 0 radical (unpaired) electrons. The van der Waals surface area contributed by atoms with Crippen molar-refractivity contribution >= 4 is 17.6 Å². The molecule has 0 amide bonds. The second-order valence-corrected chi connectivity index (χ2v) is 6.12. The van der Waals surface area contributed by atoms with E-state index in [1.165, 1.54) is 14.0 Å². The molecule has 1 atom stereocenters. The van der Waals surface area contributed by atoms with E-state index in [0.29, 0.717) is 0 Å². The summed E-state index contributed by atoms with van der Waals surface area (Å²) in [5.41, 5.74) is 4.92. The lowest BCUT2D eigenvalue weighted by Gasteiger charge is -2.28. The number of hydrogen-bond donors (Lipinski definition) is 2. The van der Waals surface area contributed by atoms with Gasteiger partial charge in [0.15, 0.2) is 18.1 Å². The number of aliphatic carboxylic acids is 1. The van der Waals surface area contributed by atoms with Gasteiger partial charge in [0.05, 0.1) is 36.2 Å². The second kappa shape index (κ2) is 9.49. The van der Waals surface area contributed by atoms with Crippen LogP contribution in [-0.4, -0.2) is 42.3 Å². The van der Waals surface area contributed by atoms with E-state index in [1.807, 2.05) is 6.07 Å². The number of ether oxygens (including phenoxy) is 4. The van der Waals surface area contributed by atoms with Gasteiger partial charge in [0, 0.05) is 11.6 Å². The van der Waals surface area contributed by atoms with Crippen molar-refractivity contribution in [1.29, 1.82) is 5.26 Å². The Kier molecular flexibility index (Phi) is 7.04. The third-order valence-electron chi connectivity index (χ3n) is 4.25. The number of carboxylic acid groups (broad SMARTS) is 1. The van der Waals surface area contributed by atoms with Gasteiger partial charge in [0.2, 0.25) is 5.88 Å². The van der Waals surface area contributed by atoms with Crippen molar-refractivity contribution in [3.8, 4) is 17.6 Å². The number of carbonyl (C=O) groups is 2. The summed E-state index contributed by atoms with van der Waals surface area (Å²) in [6.45, 7) is 2.17. The zero-order valence-electron chi connectivity index (χ0n) is 16.8. The maximum atomic E-state index is 12.7. The van der Waals surface area contributed by atoms with Crippen LogP contribution < -0.4 is 15.2 Å². The van der Waals surface area contributed by atoms with E-state index in [4.69, 9.17) is 29.8 Å². The Morgan fingerprint density at radius 2 is 2.10 bits per heavy atom. The molecule has 1 heterocycles. The Morgan fingerprint density at radius 1 is 1.42 bits per heavy atom. The first-order valence-electron chi connectivity index (χ1n) is 8.82. The summed E-state index contributed by atoms with van der Waals surface area (Å²) in [7, 11) is 1.20. The van der Waals surface area contributed by atoms with E-state index in [9.17, 15) is 25.0 Å². The highest BCUT2D eigenvalue weighted by atomic mass is 16.6. The van der Waals surface area contributed by atoms with Crippen LogP contribution in [0.4, 0.5) is 5.69 Å². The first-order valence-corrected chi connectivity index (χ1v) is 8.82. The fourth-order valence-corrected chi connectivity index (χ4v) is 3.03. The Morgan fingerprint density at radius 3 is 2.61 bits per heavy atom. The average Bonchev–Trinajstić information content (AvgIpc) is 2.70. The maximum absolute atomic E-state index is 12.7. The monoisotopic (exact) mass is 433 g/mol. The first-order chi connectivity index (χ1) is 14.7. The predicted molar refractivity (Wildman–Crippen MR) is 103 cm³/mol. The average molecular weight is 433 g/mol. The molecule has 164 valence electrons. The summed E-state index contributed by atoms with van der Waals surface area (Å²) in [5, 5.41) is 30.2. The highest BCUT2D eigenvalue weighted by molar-refractivity contribution is 5.93. The zero-order valence-corrected chi connectivity index (χ0v) is 16.8. The molecule has 0 bridgehead atoms. The normalized spacial score (nSPS) is 15.6. The van der Waals surface area contributed by atoms with Crippen LogP contribution in [-0.2, 0) is 19.1 Å². The van der Waals surface area contributed by atoms with Gasteiger partial charge >= 0.3 is 11.9 Å². The van der Waals surface area contributed by atoms with E-state index in [1.54, 1.807) is 6.92 Å². The number of esters is 1. The molecule has 0 saturated heterocycles. The molecule has 0 fully saturated rings. The third-order valence-corrected chi connectivity index (χ3v) is 4.25. The molecule has 2 rings (SSSR count). The van der Waals surface area contributed by atoms with Crippen LogP contribution in [0.5, 0.6) is 11.5 Å². The molecule has 0 spiro atoms. The number of carboxylic acids is 1. The van der Waals surface area contributed by atoms with E-state index >= 15 is 0 Å². The molecular formula is C19H19N3O9. The number of nitrogens with zero attached hydrogens (tertiary/aromatic N) is 2. The zero-order chi connectivity index (χ0) is 23.3. The molecule has 3 N–H and O–H groups in total. The molecule has 31 heavy (non-hydrogen) atoms. The van der Waals surface area contributed by atoms with E-state index < -0.39 is 35.1 Å². The highest BCUT2D eigenvalue weighted by Gasteiger charge is 2.39. The molecule has 12 heteroatoms. The number of nitriles is 1. The SMILES string of the molecule is CCOC(=O)C1=C(C)OC(N)=C(C#N)C1c1cc([N+](=O)[O-])cc(OC)c1OCC(=O)O. The van der Waals surface area contributed by atoms with Crippen molar-refractivity contribution in [2.45, 2.75) is 19.8 Å². The van der Waals surface area contributed by atoms with Gasteiger partial charge in [-0.15, -0.1) is 0 Å². The van der Waals surface area contributed by atoms with Crippen molar-refractivity contribution in [2.24, 2.45) is 5.73 Å². The quantitative estimate of drug-likeness (QED) is 0.345. The van der Waals surface area contributed by atoms with Crippen molar-refractivity contribution in [2.75, 3.05) is 20.3 Å². The number of nitro benzene ring substituents is 1. The Hall–Kier alpha value is -4.27. The van der Waals surface area contributed by atoms with E-state index in [-0.39, 0.29) is 46.5 Å². The van der Waals surface area contributed by atoms with Crippen LogP contribution in [0.25, 0.3) is 0 Å². The number of allylic oxidation sites excluding steroid dienone is 2. The number of rotatable bonds is 8. The Labute approximate surface area is 176 Å². The van der Waals surface area contributed by atoms with E-state index in [2.05, 4.69) is 0 Å². The molecule has 0 aliphatic carbocycles. The Bertz CT molecular complexity index is 1040. The smallest absolute Gasteiger partial charge is 0.341 e. The molecular weight excluding hydrogens is 414 g/mol. The van der Waals surface area contributed by atoms with Crippen molar-refractivity contribution in [1.82, 2.24) is 0 Å². The molecule has 1 unspecified atom stereocenters. The number of benzene rings is 1. The molecule has 0 saturated carbocycles. The highest BCUT2D eigenvalue weighted by Crippen LogP contribution is 2.47. The fraction of sp³-hybridized carbons (Fsp3) is 0.316. The number of nitrogens with two attached hydrogens (primary N) is 1. The van der Waals surface area contributed by atoms with Gasteiger partial charge in [0.25, 0.3) is 5.69 Å². The predicted octanol–water partition coefficient (Wildman–Crippen LogP) is 1.71. The molecule has 1 aromatic carbocycles. The van der Waals surface area contributed by atoms with Gasteiger partial charge < -0.3 is 29.8 Å². The number of non-ortho nitro benzene ring substituents is 1. The number of carbonyl (C=O) groups excluding carboxylic acids is 1. The van der Waals surface area contributed by atoms with Crippen LogP contribution >= 0.6 is 0 Å². The molecule has 0 aromatic heterocycles. The summed E-state index contributed by atoms with van der Waals surface area (Å²) in [6.07, 6.45) is 0. The molecule has 1 aliphatic rings. The number of nitro groups is 1. The van der Waals surface area contributed by atoms with Crippen LogP contribution in [0.3, 0.4) is 0 Å². The standard InChI is InChI=1S/C19H19N3O9/c1-4-29-19(25)15-9(2)31-18(21)12(7-20)16(15)11-5-10(22(26)27)6-13(28-3)17(11)30-8-14(23)24/h5-6,16H,4,8,21H2,1-3H3,(H,23,24). The minimum Gasteiger partial charge on any atom is -0.493 e. The number of methoxy groups -OCH3 is 1. The van der Waals surface area contributed by atoms with Gasteiger partial charge in [0.1, 0.15) is 17.4 Å². The van der Waals surface area contributed by atoms with Gasteiger partial charge in [-0.2, -0.15) is 5.26 Å². The first kappa shape index (κ1) is 23.0. The maximum Gasteiger partial charge on any atom is 0.341 e. The molecule has 12 nitrogen and oxygen atoms in total. The van der Waals surface area contributed by atoms with Crippen LogP contribution in [0, 0.1) is 21.4 Å². The summed E-state index contributed by atoms with van der Waals surface area (Å²) >= 11 is 0. The van der Waals surface area contributed by atoms with E-state index in [0.717, 1.165) is 12.1 Å². The topological polar surface area (TPSA) is 184 Å². The number of hydrogen-bond acceptors (Lipinski definition) is 10. The lowest BCUT2D eigenvalue weighted by atomic mass is 9.82. The fourth-order valence-electron chi connectivity index (χ4n) is 3.03. The minimum atomic E-state index is -1.33. The van der Waals surface area contributed by atoms with Crippen molar-refractivity contribution in [3.05, 3.63) is 50.6 Å². The van der Waals surface area contributed by atoms with Crippen molar-refractivity contribution in [3.63, 3.8) is 0 Å². The van der Waals surface area contributed by atoms with Gasteiger partial charge in [-0.3, -0.25) is 10.1 Å². The summed E-state index contributed by atoms with van der Waals surface area (Å²) in [5.74, 6) is -4.17. The lowest BCUT2D eigenvalue weighted by molar-refractivity contribution is -0.385. The summed E-state index contributed by atoms with van der Waals surface area (Å²) in [6, 6.07) is 3.91. The molecule has 1 aliphatic heterocycles. The summed E-state index contributed by atoms with van der Waals surface area (Å²) in [4.78, 5) is 34.5. The minimum absolute atomic E-state index is 0.00401. The van der Waals surface area contributed by atoms with Crippen LogP contribution in [0.1, 0.15) is 25.3 Å². The van der Waals surface area contributed by atoms with Crippen molar-refractivity contribution < 1.29 is 38.6 Å². The largest absolute Gasteiger partial charge is 0.493 e. The van der Waals surface area contributed by atoms with Crippen LogP contribution in [0.2, 0.25) is 0 Å². The second-order valence-electron chi connectivity index (χ2n) is 6.12.